The van der Waals surface area contributed by atoms with Gasteiger partial charge in [0, 0.05) is 30.4 Å². The number of aliphatic imine (C=N–C) groups is 1. The summed E-state index contributed by atoms with van der Waals surface area (Å²) in [7, 11) is 0. The highest BCUT2D eigenvalue weighted by atomic mass is 19.1. The highest BCUT2D eigenvalue weighted by Crippen LogP contribution is 2.27. The summed E-state index contributed by atoms with van der Waals surface area (Å²) >= 11 is 0. The van der Waals surface area contributed by atoms with Crippen LogP contribution in [0, 0.1) is 5.92 Å². The summed E-state index contributed by atoms with van der Waals surface area (Å²) in [5.41, 5.74) is 4.10. The maximum Gasteiger partial charge on any atom is 0.158 e. The molecule has 1 aromatic heterocycles. The largest absolute Gasteiger partial charge is 0.314 e. The smallest absolute Gasteiger partial charge is 0.158 e. The molecule has 0 spiro atoms. The lowest BCUT2D eigenvalue weighted by atomic mass is 9.88. The Bertz CT molecular complexity index is 1050. The molecule has 0 radical (unpaired) electrons. The van der Waals surface area contributed by atoms with Crippen molar-refractivity contribution in [2.24, 2.45) is 10.9 Å². The number of nitrogens with one attached hydrogen (secondary N) is 1. The van der Waals surface area contributed by atoms with Crippen molar-refractivity contribution >= 4 is 16.7 Å². The van der Waals surface area contributed by atoms with E-state index < -0.39 is 6.17 Å². The van der Waals surface area contributed by atoms with Gasteiger partial charge in [-0.05, 0) is 61.9 Å². The molecule has 0 aliphatic carbocycles. The Kier molecular flexibility index (Phi) is 5.45. The summed E-state index contributed by atoms with van der Waals surface area (Å²) in [5.74, 6) is 0.925. The number of amidine groups is 1. The van der Waals surface area contributed by atoms with Crippen LogP contribution in [-0.2, 0) is 6.42 Å². The summed E-state index contributed by atoms with van der Waals surface area (Å²) in [4.78, 5) is 12.1. The Hall–Kier alpha value is -2.79. The van der Waals surface area contributed by atoms with Crippen molar-refractivity contribution in [3.8, 4) is 0 Å². The van der Waals surface area contributed by atoms with Gasteiger partial charge in [-0.25, -0.2) is 9.37 Å². The van der Waals surface area contributed by atoms with Crippen molar-refractivity contribution < 1.29 is 4.39 Å². The predicted molar refractivity (Wildman–Crippen MR) is 120 cm³/mol. The van der Waals surface area contributed by atoms with E-state index in [1.165, 1.54) is 0 Å². The zero-order chi connectivity index (χ0) is 20.3. The molecule has 30 heavy (non-hydrogen) atoms. The van der Waals surface area contributed by atoms with Crippen molar-refractivity contribution in [2.45, 2.75) is 31.9 Å². The number of fused-ring (bicyclic) bond motifs is 2. The summed E-state index contributed by atoms with van der Waals surface area (Å²) in [6.07, 6.45) is 13.4. The van der Waals surface area contributed by atoms with Gasteiger partial charge < -0.3 is 10.2 Å². The predicted octanol–water partition coefficient (Wildman–Crippen LogP) is 4.53. The van der Waals surface area contributed by atoms with Crippen LogP contribution in [0.3, 0.4) is 0 Å². The fourth-order valence-corrected chi connectivity index (χ4v) is 4.51. The topological polar surface area (TPSA) is 40.5 Å². The van der Waals surface area contributed by atoms with Crippen LogP contribution in [0.15, 0.2) is 71.5 Å². The molecule has 5 rings (SSSR count). The van der Waals surface area contributed by atoms with Crippen molar-refractivity contribution in [3.05, 3.63) is 77.8 Å². The molecule has 0 saturated carbocycles. The van der Waals surface area contributed by atoms with Gasteiger partial charge in [-0.15, -0.1) is 0 Å². The first-order valence-corrected chi connectivity index (χ1v) is 10.9. The van der Waals surface area contributed by atoms with Crippen molar-refractivity contribution in [1.29, 1.82) is 0 Å². The molecule has 2 unspecified atom stereocenters. The molecule has 1 saturated heterocycles. The van der Waals surface area contributed by atoms with Crippen LogP contribution in [0.1, 0.15) is 30.5 Å². The number of alkyl halides is 1. The molecular formula is C25H27FN4. The van der Waals surface area contributed by atoms with Crippen LogP contribution in [0.5, 0.6) is 0 Å². The molecule has 4 nitrogen and oxygen atoms in total. The van der Waals surface area contributed by atoms with E-state index in [0.29, 0.717) is 6.54 Å². The monoisotopic (exact) mass is 402 g/mol. The molecule has 1 aromatic carbocycles. The molecule has 4 heterocycles. The second-order valence-corrected chi connectivity index (χ2v) is 8.21. The number of aromatic nitrogens is 1. The van der Waals surface area contributed by atoms with E-state index in [4.69, 9.17) is 9.98 Å². The third-order valence-electron chi connectivity index (χ3n) is 6.15. The van der Waals surface area contributed by atoms with Gasteiger partial charge in [-0.1, -0.05) is 36.4 Å². The van der Waals surface area contributed by atoms with Gasteiger partial charge >= 0.3 is 0 Å². The van der Waals surface area contributed by atoms with Crippen LogP contribution in [0.25, 0.3) is 10.9 Å². The number of allylic oxidation sites excluding steroid dienone is 4. The average molecular weight is 403 g/mol. The van der Waals surface area contributed by atoms with Crippen molar-refractivity contribution in [3.63, 3.8) is 0 Å². The standard InChI is InChI=1S/C25H27FN4/c26-22-17-27-14-12-19(22)16-20-7-5-6-18-10-11-23(29-24(18)20)25-28-13-3-1-8-21-9-2-4-15-30(21)25/h2,4-11,15,19,22,27H,1,3,12-14,16-17H2. The number of hydrogen-bond acceptors (Lipinski definition) is 4. The number of halogens is 1. The minimum atomic E-state index is -0.801. The summed E-state index contributed by atoms with van der Waals surface area (Å²) in [6.45, 7) is 2.12. The van der Waals surface area contributed by atoms with Crippen LogP contribution in [-0.4, -0.2) is 41.5 Å². The van der Waals surface area contributed by atoms with E-state index in [-0.39, 0.29) is 5.92 Å². The maximum absolute atomic E-state index is 14.4. The Labute approximate surface area is 176 Å². The van der Waals surface area contributed by atoms with E-state index in [0.717, 1.165) is 72.5 Å². The molecule has 1 fully saturated rings. The molecule has 2 atom stereocenters. The molecular weight excluding hydrogens is 375 g/mol. The second-order valence-electron chi connectivity index (χ2n) is 8.21. The highest BCUT2D eigenvalue weighted by molar-refractivity contribution is 6.01. The quantitative estimate of drug-likeness (QED) is 0.820. The fraction of sp³-hybridized carbons (Fsp3) is 0.360. The van der Waals surface area contributed by atoms with E-state index >= 15 is 0 Å². The van der Waals surface area contributed by atoms with E-state index in [9.17, 15) is 4.39 Å². The van der Waals surface area contributed by atoms with E-state index in [2.05, 4.69) is 65.0 Å². The lowest BCUT2D eigenvalue weighted by molar-refractivity contribution is 0.180. The zero-order valence-electron chi connectivity index (χ0n) is 17.1. The number of nitrogens with zero attached hydrogens (tertiary/aromatic N) is 3. The van der Waals surface area contributed by atoms with E-state index in [1.807, 2.05) is 6.08 Å². The van der Waals surface area contributed by atoms with Crippen LogP contribution >= 0.6 is 0 Å². The van der Waals surface area contributed by atoms with Gasteiger partial charge in [0.2, 0.25) is 0 Å². The van der Waals surface area contributed by atoms with Crippen molar-refractivity contribution in [1.82, 2.24) is 15.2 Å². The van der Waals surface area contributed by atoms with Crippen LogP contribution in [0.4, 0.5) is 4.39 Å². The lowest BCUT2D eigenvalue weighted by Crippen LogP contribution is -2.38. The minimum absolute atomic E-state index is 0.0470. The van der Waals surface area contributed by atoms with Crippen molar-refractivity contribution in [2.75, 3.05) is 19.6 Å². The first-order valence-electron chi connectivity index (χ1n) is 10.9. The number of rotatable bonds is 3. The zero-order valence-corrected chi connectivity index (χ0v) is 17.1. The number of piperidine rings is 1. The number of para-hydroxylation sites is 1. The van der Waals surface area contributed by atoms with Gasteiger partial charge in [0.15, 0.2) is 5.84 Å². The fourth-order valence-electron chi connectivity index (χ4n) is 4.51. The number of hydrogen-bond donors (Lipinski definition) is 1. The molecule has 5 heteroatoms. The third kappa shape index (κ3) is 3.82. The summed E-state index contributed by atoms with van der Waals surface area (Å²) in [5, 5.41) is 4.24. The Morgan fingerprint density at radius 2 is 2.13 bits per heavy atom. The van der Waals surface area contributed by atoms with Gasteiger partial charge in [0.1, 0.15) is 11.9 Å². The maximum atomic E-state index is 14.4. The Balaban J connectivity index is 1.53. The van der Waals surface area contributed by atoms with Gasteiger partial charge in [0.25, 0.3) is 0 Å². The van der Waals surface area contributed by atoms with E-state index in [1.54, 1.807) is 0 Å². The van der Waals surface area contributed by atoms with Crippen LogP contribution in [0.2, 0.25) is 0 Å². The van der Waals surface area contributed by atoms with Crippen LogP contribution < -0.4 is 5.32 Å². The average Bonchev–Trinajstić information content (AvgIpc) is 2.76. The van der Waals surface area contributed by atoms with Gasteiger partial charge in [-0.3, -0.25) is 4.99 Å². The third-order valence-corrected chi connectivity index (χ3v) is 6.15. The first kappa shape index (κ1) is 19.2. The molecule has 3 aliphatic heterocycles. The summed E-state index contributed by atoms with van der Waals surface area (Å²) < 4.78 is 14.4. The number of benzene rings is 1. The molecule has 3 aliphatic rings. The molecule has 0 bridgehead atoms. The minimum Gasteiger partial charge on any atom is -0.314 e. The molecule has 2 aromatic rings. The van der Waals surface area contributed by atoms with Gasteiger partial charge in [0.05, 0.1) is 5.52 Å². The summed E-state index contributed by atoms with van der Waals surface area (Å²) in [6, 6.07) is 10.4. The van der Waals surface area contributed by atoms with Gasteiger partial charge in [-0.2, -0.15) is 0 Å². The molecule has 1 N–H and O–H groups in total. The SMILES string of the molecule is FC1CNCCC1Cc1cccc2ccc(C3=NCCCC=C4C=CC=CN43)nc12. The number of pyridine rings is 1. The first-order chi connectivity index (χ1) is 14.8. The Morgan fingerprint density at radius 1 is 1.17 bits per heavy atom. The Morgan fingerprint density at radius 3 is 3.07 bits per heavy atom. The lowest BCUT2D eigenvalue weighted by Gasteiger charge is -2.27. The second kappa shape index (κ2) is 8.52. The molecule has 0 amide bonds. The highest BCUT2D eigenvalue weighted by Gasteiger charge is 2.26. The molecule has 154 valence electrons. The normalized spacial score (nSPS) is 24.1.